The monoisotopic (exact) mass is 2110 g/mol. The Bertz CT molecular complexity index is 5030. The zero-order valence-corrected chi connectivity index (χ0v) is 86.7. The first-order valence-corrected chi connectivity index (χ1v) is 50.8. The lowest BCUT2D eigenvalue weighted by Crippen LogP contribution is -2.61. The summed E-state index contributed by atoms with van der Waals surface area (Å²) in [7, 11) is 1.58. The van der Waals surface area contributed by atoms with Crippen LogP contribution in [-0.4, -0.2) is 332 Å². The van der Waals surface area contributed by atoms with Crippen LogP contribution in [0.5, 0.6) is 0 Å². The maximum atomic E-state index is 15.1. The maximum Gasteiger partial charge on any atom is 0.325 e. The maximum absolute atomic E-state index is 15.1. The number of amides is 21. The van der Waals surface area contributed by atoms with Gasteiger partial charge in [-0.2, -0.15) is 0 Å². The van der Waals surface area contributed by atoms with Crippen molar-refractivity contribution in [2.45, 2.75) is 315 Å². The summed E-state index contributed by atoms with van der Waals surface area (Å²) < 4.78 is 0. The fourth-order valence-electron chi connectivity index (χ4n) is 15.0. The summed E-state index contributed by atoms with van der Waals surface area (Å²) in [6, 6.07) is -23.2. The molecular weight excluding hydrogens is 1970 g/mol. The third-order valence-electron chi connectivity index (χ3n) is 23.5. The Balaban J connectivity index is 1.86. The molecule has 21 atom stereocenters. The number of nitrogens with zero attached hydrogens (tertiary/aromatic N) is 1. The van der Waals surface area contributed by atoms with Crippen molar-refractivity contribution in [3.63, 3.8) is 0 Å². The van der Waals surface area contributed by atoms with Gasteiger partial charge in [0.05, 0.1) is 12.6 Å². The van der Waals surface area contributed by atoms with E-state index in [1.165, 1.54) is 48.5 Å². The molecule has 54 nitrogen and oxygen atoms in total. The average Bonchev–Trinajstić information content (AvgIpc) is 1.70. The van der Waals surface area contributed by atoms with Gasteiger partial charge in [-0.15, -0.1) is 0 Å². The summed E-state index contributed by atoms with van der Waals surface area (Å²) in [5.74, 6) is -27.5. The van der Waals surface area contributed by atoms with Crippen molar-refractivity contribution < 1.29 is 126 Å². The van der Waals surface area contributed by atoms with Crippen molar-refractivity contribution in [2.75, 3.05) is 37.7 Å². The quantitative estimate of drug-likeness (QED) is 0.0156. The largest absolute Gasteiger partial charge is 0.481 e. The van der Waals surface area contributed by atoms with Crippen LogP contribution in [0.15, 0.2) is 30.5 Å². The van der Waals surface area contributed by atoms with Crippen molar-refractivity contribution in [1.82, 2.24) is 122 Å². The molecule has 2 saturated heterocycles. The number of aromatic amines is 1. The Morgan fingerprint density at radius 3 is 1.41 bits per heavy atom. The molecule has 0 radical (unpaired) electrons. The van der Waals surface area contributed by atoms with E-state index in [2.05, 4.69) is 117 Å². The highest BCUT2D eigenvalue weighted by molar-refractivity contribution is 8.76. The molecule has 1 aromatic heterocycles. The van der Waals surface area contributed by atoms with E-state index in [9.17, 15) is 116 Å². The first kappa shape index (κ1) is 125. The van der Waals surface area contributed by atoms with Crippen LogP contribution in [0.2, 0.25) is 0 Å². The van der Waals surface area contributed by atoms with Crippen molar-refractivity contribution in [3.05, 3.63) is 36.0 Å². The molecule has 0 saturated carbocycles. The Morgan fingerprint density at radius 1 is 0.483 bits per heavy atom. The number of rotatable bonds is 29. The molecule has 2 fully saturated rings. The number of carboxylic acid groups (broad SMARTS) is 2. The van der Waals surface area contributed by atoms with E-state index in [1.54, 1.807) is 65.1 Å². The van der Waals surface area contributed by atoms with Crippen molar-refractivity contribution in [2.24, 2.45) is 35.0 Å². The molecule has 56 heteroatoms. The molecule has 2 aliphatic rings. The SMILES string of the molecule is CCC(C)[C@@H]1NC(=O)[C@H](C)NC(=O)C(NC(=O)[C@H](C)NC(C)=O)CSSCC(C(=O)N[C@@H](C)C(=O)O)NC(=O)[C@H](C)NC(=O)C(C)NC(=O)[C@H](CCCNC(=N)N)NC(=O)C(C)NC(=O)[C@H](C)NC(=O)C(CC(C)C)NC(=O)[C@H](Cc2c[nH]c3ccccc23)NC(=O)[C@H](CCC(N)=O)NC(=O)[C@H](CCCNC(=N)N)NC(=O)[C@H](CC(C)C)NC(=O)C([C@@H](C)O)NC(=O)[C@@H]2CCCN2C(=O)CNC(=O)[C@H](CCC(=O)O)NC1=O. The summed E-state index contributed by atoms with van der Waals surface area (Å²) in [6.45, 7) is 19.5. The summed E-state index contributed by atoms with van der Waals surface area (Å²) in [5.41, 5.74) is 17.8. The number of nitrogens with two attached hydrogens (primary N) is 3. The summed E-state index contributed by atoms with van der Waals surface area (Å²) in [4.78, 5) is 325. The second kappa shape index (κ2) is 61.9. The Hall–Kier alpha value is -14.2. The highest BCUT2D eigenvalue weighted by Gasteiger charge is 2.43. The minimum atomic E-state index is -1.88. The lowest BCUT2D eigenvalue weighted by molar-refractivity contribution is -0.141. The van der Waals surface area contributed by atoms with Gasteiger partial charge in [0.1, 0.15) is 115 Å². The first-order valence-electron chi connectivity index (χ1n) is 48.3. The number of aliphatic carboxylic acids is 2. The van der Waals surface area contributed by atoms with Gasteiger partial charge in [-0.25, -0.2) is 0 Å². The van der Waals surface area contributed by atoms with Crippen LogP contribution < -0.4 is 129 Å². The molecule has 147 heavy (non-hydrogen) atoms. The molecule has 1 aromatic carbocycles. The van der Waals surface area contributed by atoms with Gasteiger partial charge in [-0.1, -0.05) is 87.8 Å². The third-order valence-corrected chi connectivity index (χ3v) is 25.9. The fourth-order valence-corrected chi connectivity index (χ4v) is 17.3. The number of aliphatic hydroxyl groups excluding tert-OH is 1. The number of benzene rings is 1. The van der Waals surface area contributed by atoms with E-state index in [4.69, 9.17) is 28.0 Å². The molecule has 4 rings (SSSR count). The number of para-hydroxylation sites is 1. The number of nitrogens with one attached hydrogen (secondary N) is 24. The molecule has 21 amide bonds. The van der Waals surface area contributed by atoms with Gasteiger partial charge in [-0.3, -0.25) is 121 Å². The van der Waals surface area contributed by atoms with Crippen molar-refractivity contribution in [3.8, 4) is 0 Å². The van der Waals surface area contributed by atoms with Crippen LogP contribution in [0.4, 0.5) is 0 Å². The lowest BCUT2D eigenvalue weighted by atomic mass is 9.97. The number of guanidine groups is 2. The Labute approximate surface area is 857 Å². The Kier molecular flexibility index (Phi) is 52.7. The van der Waals surface area contributed by atoms with Gasteiger partial charge in [0.25, 0.3) is 0 Å². The van der Waals surface area contributed by atoms with Gasteiger partial charge in [0.15, 0.2) is 11.9 Å². The molecule has 3 heterocycles. The van der Waals surface area contributed by atoms with Crippen LogP contribution in [0.3, 0.4) is 0 Å². The standard InChI is InChI=1S/C91H146N28O26S2/c1-16-43(6)69-87(142)111-58(28-30-68(124)125)77(132)100-38-67(123)119-33-21-26-65(119)86(141)118-70(51(14)120)88(143)114-61(35-42(4)5)82(137)109-57(25-20-32-98-91(95)96)79(134)110-59(27-29-66(92)122)80(135)113-62(36-53-37-99-55-23-18-17-22-54(53)55)83(138)112-60(34-41(2)3)81(136)105-46(9)72(127)102-47(10)74(129)108-56(24-19-31-97-90(93)94)78(133)104-45(8)71(126)103-48(11)75(130)116-64(85(140)107-50(13)89(144)145)40-147-146-39-63(84(139)106-49(12)76(131)117-69)115-73(128)44(7)101-52(15)121/h17-18,22-23,37,41-51,56-65,69-70,99,120H,16,19-21,24-36,38-40H2,1-15H3,(H2,92,122)(H,100,132)(H,101,121)(H,102,127)(H,103,126)(H,104,133)(H,105,136)(H,106,139)(H,107,140)(H,108,129)(H,109,137)(H,110,134)(H,111,142)(H,112,138)(H,113,135)(H,114,143)(H,115,128)(H,116,130)(H,117,131)(H,118,141)(H,124,125)(H,144,145)(H4,93,94,97)(H4,95,96,98)/t43?,44-,45?,46-,47?,48-,49-,50-,51+,56-,57-,58-,59-,60?,61-,62-,63?,64?,65-,69-,70?/m0/s1. The topological polar surface area (TPSA) is 851 Å². The van der Waals surface area contributed by atoms with Crippen molar-refractivity contribution in [1.29, 1.82) is 10.8 Å². The number of carbonyl (C=O) groups excluding carboxylic acids is 21. The Morgan fingerprint density at radius 2 is 0.905 bits per heavy atom. The number of aliphatic hydroxyl groups is 1. The summed E-state index contributed by atoms with van der Waals surface area (Å²) >= 11 is 0. The number of carbonyl (C=O) groups is 23. The molecule has 2 aromatic rings. The van der Waals surface area contributed by atoms with E-state index in [-0.39, 0.29) is 89.8 Å². The molecular formula is C91H146N28O26S2. The normalized spacial score (nSPS) is 25.6. The number of fused-ring (bicyclic) bond motifs is 2. The van der Waals surface area contributed by atoms with Gasteiger partial charge in [0.2, 0.25) is 124 Å². The van der Waals surface area contributed by atoms with E-state index in [0.717, 1.165) is 47.3 Å². The predicted octanol–water partition coefficient (Wildman–Crippen LogP) is -7.64. The lowest BCUT2D eigenvalue weighted by Gasteiger charge is -2.30. The molecule has 0 bridgehead atoms. The van der Waals surface area contributed by atoms with E-state index >= 15 is 9.59 Å². The highest BCUT2D eigenvalue weighted by atomic mass is 33.1. The smallest absolute Gasteiger partial charge is 0.325 e. The number of H-pyrrole nitrogens is 1. The minimum Gasteiger partial charge on any atom is -0.481 e. The number of aromatic nitrogens is 1. The third kappa shape index (κ3) is 43.5. The molecule has 7 unspecified atom stereocenters. The van der Waals surface area contributed by atoms with Crippen LogP contribution in [0.25, 0.3) is 10.9 Å². The summed E-state index contributed by atoms with van der Waals surface area (Å²) in [6.07, 6.45) is -3.51. The van der Waals surface area contributed by atoms with Crippen LogP contribution in [0, 0.1) is 28.6 Å². The predicted molar refractivity (Wildman–Crippen MR) is 536 cm³/mol. The average molecular weight is 2110 g/mol. The fraction of sp³-hybridized carbons (Fsp3) is 0.637. The second-order valence-corrected chi connectivity index (χ2v) is 39.6. The zero-order chi connectivity index (χ0) is 111. The number of carboxylic acids is 2. The van der Waals surface area contributed by atoms with Crippen molar-refractivity contribution >= 4 is 180 Å². The minimum absolute atomic E-state index is 0.0214. The first-order chi connectivity index (χ1) is 68.9. The van der Waals surface area contributed by atoms with Gasteiger partial charge >= 0.3 is 11.9 Å². The number of primary amides is 1. The second-order valence-electron chi connectivity index (χ2n) is 37.0. The number of hydrogen-bond acceptors (Lipinski definition) is 28. The number of hydrogen-bond donors (Lipinski definition) is 30. The van der Waals surface area contributed by atoms with Crippen LogP contribution in [-0.2, 0) is 117 Å². The van der Waals surface area contributed by atoms with E-state index in [1.807, 2.05) is 0 Å². The zero-order valence-electron chi connectivity index (χ0n) is 85.0. The molecule has 2 aliphatic heterocycles. The van der Waals surface area contributed by atoms with Gasteiger partial charge in [0, 0.05) is 74.4 Å². The molecule has 818 valence electrons. The summed E-state index contributed by atoms with van der Waals surface area (Å²) in [5, 5.41) is 98.9. The molecule has 0 aliphatic carbocycles. The van der Waals surface area contributed by atoms with E-state index in [0.29, 0.717) is 16.5 Å². The van der Waals surface area contributed by atoms with Crippen LogP contribution >= 0.6 is 21.6 Å². The van der Waals surface area contributed by atoms with E-state index < -0.39 is 324 Å². The van der Waals surface area contributed by atoms with Crippen LogP contribution in [0.1, 0.15) is 193 Å². The van der Waals surface area contributed by atoms with Gasteiger partial charge < -0.3 is 154 Å². The molecule has 0 spiro atoms. The van der Waals surface area contributed by atoms with Gasteiger partial charge in [-0.05, 0) is 149 Å². The molecule has 33 N–H and O–H groups in total. The highest BCUT2D eigenvalue weighted by Crippen LogP contribution is 2.26.